The van der Waals surface area contributed by atoms with Crippen LogP contribution in [-0.4, -0.2) is 62.6 Å². The lowest BCUT2D eigenvalue weighted by molar-refractivity contribution is -0.138. The highest BCUT2D eigenvalue weighted by atomic mass is 35.5. The lowest BCUT2D eigenvalue weighted by Crippen LogP contribution is -2.53. The topological polar surface area (TPSA) is 82.2 Å². The van der Waals surface area contributed by atoms with Gasteiger partial charge in [0.2, 0.25) is 0 Å². The van der Waals surface area contributed by atoms with E-state index in [4.69, 9.17) is 16.9 Å². The quantitative estimate of drug-likeness (QED) is 0.219. The van der Waals surface area contributed by atoms with Crippen molar-refractivity contribution in [2.75, 3.05) is 19.6 Å². The number of thioether (sulfide) groups is 1. The first-order valence-electron chi connectivity index (χ1n) is 11.9. The maximum absolute atomic E-state index is 14.8. The molecule has 2 aliphatic heterocycles. The molecular weight excluding hydrogens is 558 g/mol. The van der Waals surface area contributed by atoms with E-state index in [0.29, 0.717) is 23.0 Å². The Bertz CT molecular complexity index is 1530. The lowest BCUT2D eigenvalue weighted by Gasteiger charge is -2.36. The standard InChI is InChI=1S/C26H20ClF4N5O2S/c27-18-3-2-16(19(11-18)26(29,30)31)13-35-21-4-1-15(9-17(21)12-33-35)10-23-24(37)36(25(38)39-23)22-5-7-34(8-6-32)14-20(22)28/h1-4,9-12,20,22H,5,7-8,13-14H2. The summed E-state index contributed by atoms with van der Waals surface area (Å²) >= 11 is 6.50. The first-order valence-corrected chi connectivity index (χ1v) is 13.1. The molecule has 1 aromatic heterocycles. The van der Waals surface area contributed by atoms with Crippen molar-refractivity contribution < 1.29 is 27.2 Å². The van der Waals surface area contributed by atoms with Gasteiger partial charge in [-0.3, -0.25) is 24.1 Å². The molecule has 2 saturated heterocycles. The van der Waals surface area contributed by atoms with Gasteiger partial charge in [-0.2, -0.15) is 23.5 Å². The Morgan fingerprint density at radius 3 is 2.72 bits per heavy atom. The molecule has 13 heteroatoms. The fourth-order valence-electron chi connectivity index (χ4n) is 4.84. The van der Waals surface area contributed by atoms with Crippen LogP contribution in [0.3, 0.4) is 0 Å². The molecule has 39 heavy (non-hydrogen) atoms. The van der Waals surface area contributed by atoms with Crippen molar-refractivity contribution in [2.45, 2.75) is 31.4 Å². The van der Waals surface area contributed by atoms with Gasteiger partial charge in [0, 0.05) is 23.5 Å². The molecule has 2 amide bonds. The van der Waals surface area contributed by atoms with Crippen LogP contribution in [0.2, 0.25) is 5.02 Å². The van der Waals surface area contributed by atoms with Crippen molar-refractivity contribution in [1.29, 1.82) is 5.26 Å². The molecule has 0 bridgehead atoms. The van der Waals surface area contributed by atoms with Crippen LogP contribution in [-0.2, 0) is 17.5 Å². The lowest BCUT2D eigenvalue weighted by atomic mass is 10.0. The Balaban J connectivity index is 1.36. The molecular formula is C26H20ClF4N5O2S. The fourth-order valence-corrected chi connectivity index (χ4v) is 5.90. The number of nitrogens with zero attached hydrogens (tertiary/aromatic N) is 5. The van der Waals surface area contributed by atoms with Crippen LogP contribution in [0.15, 0.2) is 47.5 Å². The number of carbonyl (C=O) groups is 2. The van der Waals surface area contributed by atoms with Gasteiger partial charge in [0.1, 0.15) is 6.17 Å². The van der Waals surface area contributed by atoms with Gasteiger partial charge in [0.15, 0.2) is 0 Å². The first-order chi connectivity index (χ1) is 18.5. The molecule has 3 aromatic rings. The van der Waals surface area contributed by atoms with E-state index >= 15 is 0 Å². The van der Waals surface area contributed by atoms with E-state index in [1.165, 1.54) is 29.1 Å². The number of piperidine rings is 1. The van der Waals surface area contributed by atoms with Gasteiger partial charge in [-0.15, -0.1) is 0 Å². The number of likely N-dealkylation sites (tertiary alicyclic amines) is 1. The number of amides is 2. The van der Waals surface area contributed by atoms with Crippen molar-refractivity contribution in [2.24, 2.45) is 0 Å². The van der Waals surface area contributed by atoms with Crippen LogP contribution in [0.1, 0.15) is 23.1 Å². The Kier molecular flexibility index (Phi) is 7.41. The fraction of sp³-hybridized carbons (Fsp3) is 0.308. The molecule has 2 atom stereocenters. The Hall–Kier alpha value is -3.40. The number of fused-ring (bicyclic) bond motifs is 1. The largest absolute Gasteiger partial charge is 0.416 e. The minimum Gasteiger partial charge on any atom is -0.288 e. The van der Waals surface area contributed by atoms with Gasteiger partial charge >= 0.3 is 6.18 Å². The number of alkyl halides is 4. The number of hydrogen-bond acceptors (Lipinski definition) is 6. The maximum Gasteiger partial charge on any atom is 0.416 e. The van der Waals surface area contributed by atoms with Gasteiger partial charge in [0.05, 0.1) is 47.4 Å². The predicted molar refractivity (Wildman–Crippen MR) is 138 cm³/mol. The van der Waals surface area contributed by atoms with E-state index in [0.717, 1.165) is 22.7 Å². The third-order valence-electron chi connectivity index (χ3n) is 6.70. The number of aromatic nitrogens is 2. The van der Waals surface area contributed by atoms with E-state index in [2.05, 4.69) is 5.10 Å². The zero-order chi connectivity index (χ0) is 27.9. The highest BCUT2D eigenvalue weighted by Crippen LogP contribution is 2.37. The summed E-state index contributed by atoms with van der Waals surface area (Å²) in [5.74, 6) is -0.579. The minimum absolute atomic E-state index is 0.0132. The summed E-state index contributed by atoms with van der Waals surface area (Å²) < 4.78 is 56.8. The highest BCUT2D eigenvalue weighted by molar-refractivity contribution is 8.18. The Morgan fingerprint density at radius 1 is 1.21 bits per heavy atom. The van der Waals surface area contributed by atoms with Crippen molar-refractivity contribution in [3.8, 4) is 6.07 Å². The van der Waals surface area contributed by atoms with Crippen molar-refractivity contribution >= 4 is 51.5 Å². The summed E-state index contributed by atoms with van der Waals surface area (Å²) in [6, 6.07) is 9.72. The molecule has 0 radical (unpaired) electrons. The third-order valence-corrected chi connectivity index (χ3v) is 7.82. The van der Waals surface area contributed by atoms with Gasteiger partial charge in [-0.25, -0.2) is 4.39 Å². The number of hydrogen-bond donors (Lipinski definition) is 0. The molecule has 2 aliphatic rings. The second-order valence-electron chi connectivity index (χ2n) is 9.24. The average Bonchev–Trinajstić information content (AvgIpc) is 3.39. The smallest absolute Gasteiger partial charge is 0.288 e. The van der Waals surface area contributed by atoms with E-state index in [9.17, 15) is 27.2 Å². The summed E-state index contributed by atoms with van der Waals surface area (Å²) in [7, 11) is 0. The molecule has 7 nitrogen and oxygen atoms in total. The molecule has 2 unspecified atom stereocenters. The SMILES string of the molecule is N#CCN1CCC(N2C(=O)SC(=Cc3ccc4c(cnn4Cc4ccc(Cl)cc4C(F)(F)F)c3)C2=O)C(F)C1. The highest BCUT2D eigenvalue weighted by Gasteiger charge is 2.45. The monoisotopic (exact) mass is 577 g/mol. The molecule has 0 N–H and O–H groups in total. The number of carbonyl (C=O) groups excluding carboxylic acids is 2. The minimum atomic E-state index is -4.57. The van der Waals surface area contributed by atoms with Crippen molar-refractivity contribution in [3.63, 3.8) is 0 Å². The number of halogens is 5. The van der Waals surface area contributed by atoms with Crippen LogP contribution in [0.4, 0.5) is 22.4 Å². The normalized spacial score (nSPS) is 21.7. The molecule has 3 heterocycles. The molecule has 0 saturated carbocycles. The first kappa shape index (κ1) is 27.2. The number of rotatable bonds is 5. The predicted octanol–water partition coefficient (Wildman–Crippen LogP) is 5.73. The van der Waals surface area contributed by atoms with E-state index < -0.39 is 35.1 Å². The van der Waals surface area contributed by atoms with Crippen LogP contribution in [0.25, 0.3) is 17.0 Å². The van der Waals surface area contributed by atoms with Gasteiger partial charge < -0.3 is 0 Å². The third kappa shape index (κ3) is 5.52. The molecule has 2 fully saturated rings. The van der Waals surface area contributed by atoms with Gasteiger partial charge in [-0.05, 0) is 59.7 Å². The van der Waals surface area contributed by atoms with Crippen LogP contribution in [0.5, 0.6) is 0 Å². The second-order valence-corrected chi connectivity index (χ2v) is 10.7. The second kappa shape index (κ2) is 10.6. The Morgan fingerprint density at radius 2 is 2.00 bits per heavy atom. The van der Waals surface area contributed by atoms with Crippen molar-refractivity contribution in [1.82, 2.24) is 19.6 Å². The molecule has 2 aromatic carbocycles. The average molecular weight is 578 g/mol. The summed E-state index contributed by atoms with van der Waals surface area (Å²) in [5, 5.41) is 13.1. The summed E-state index contributed by atoms with van der Waals surface area (Å²) in [6.45, 7) is 0.323. The number of nitriles is 1. The molecule has 0 spiro atoms. The van der Waals surface area contributed by atoms with Crippen LogP contribution >= 0.6 is 23.4 Å². The molecule has 202 valence electrons. The van der Waals surface area contributed by atoms with E-state index in [-0.39, 0.29) is 41.5 Å². The van der Waals surface area contributed by atoms with E-state index in [1.54, 1.807) is 23.1 Å². The number of imide groups is 1. The van der Waals surface area contributed by atoms with Crippen LogP contribution < -0.4 is 0 Å². The van der Waals surface area contributed by atoms with Gasteiger partial charge in [0.25, 0.3) is 11.1 Å². The summed E-state index contributed by atoms with van der Waals surface area (Å²) in [5.41, 5.74) is 0.333. The summed E-state index contributed by atoms with van der Waals surface area (Å²) in [6.07, 6.45) is -2.76. The van der Waals surface area contributed by atoms with E-state index in [1.807, 2.05) is 6.07 Å². The van der Waals surface area contributed by atoms with Crippen molar-refractivity contribution in [3.05, 3.63) is 69.2 Å². The zero-order valence-corrected chi connectivity index (χ0v) is 21.7. The zero-order valence-electron chi connectivity index (χ0n) is 20.2. The molecule has 5 rings (SSSR count). The summed E-state index contributed by atoms with van der Waals surface area (Å²) in [4.78, 5) is 28.4. The van der Waals surface area contributed by atoms with Crippen LogP contribution in [0, 0.1) is 11.3 Å². The van der Waals surface area contributed by atoms with Gasteiger partial charge in [-0.1, -0.05) is 23.7 Å². The molecule has 0 aliphatic carbocycles. The maximum atomic E-state index is 14.8. The Labute approximate surface area is 229 Å². The number of benzene rings is 2.